The Hall–Kier alpha value is -3.85. The van der Waals surface area contributed by atoms with Gasteiger partial charge >= 0.3 is 0 Å². The molecule has 0 bridgehead atoms. The maximum absolute atomic E-state index is 12.8. The van der Waals surface area contributed by atoms with Crippen molar-refractivity contribution in [1.82, 2.24) is 30.0 Å². The van der Waals surface area contributed by atoms with E-state index in [0.29, 0.717) is 17.1 Å². The van der Waals surface area contributed by atoms with Crippen molar-refractivity contribution >= 4 is 22.5 Å². The number of fused-ring (bicyclic) bond motifs is 1. The van der Waals surface area contributed by atoms with Gasteiger partial charge in [0.15, 0.2) is 0 Å². The Labute approximate surface area is 184 Å². The fourth-order valence-electron chi connectivity index (χ4n) is 3.72. The van der Waals surface area contributed by atoms with Crippen LogP contribution in [0.25, 0.3) is 22.0 Å². The van der Waals surface area contributed by atoms with Gasteiger partial charge in [0, 0.05) is 42.8 Å². The summed E-state index contributed by atoms with van der Waals surface area (Å²) in [4.78, 5) is 25.8. The highest BCUT2D eigenvalue weighted by Gasteiger charge is 2.16. The van der Waals surface area contributed by atoms with E-state index in [4.69, 9.17) is 4.74 Å². The maximum Gasteiger partial charge on any atom is 0.258 e. The number of pyridine rings is 3. The van der Waals surface area contributed by atoms with Crippen molar-refractivity contribution in [3.05, 3.63) is 60.9 Å². The van der Waals surface area contributed by atoms with Gasteiger partial charge in [-0.3, -0.25) is 19.4 Å². The lowest BCUT2D eigenvalue weighted by molar-refractivity contribution is 0.102. The van der Waals surface area contributed by atoms with Gasteiger partial charge in [0.05, 0.1) is 23.7 Å². The number of nitrogens with one attached hydrogen (secondary N) is 2. The van der Waals surface area contributed by atoms with Crippen molar-refractivity contribution in [2.75, 3.05) is 18.4 Å². The molecule has 0 unspecified atom stereocenters. The number of rotatable bonds is 5. The first-order valence-corrected chi connectivity index (χ1v) is 10.5. The Morgan fingerprint density at radius 3 is 2.72 bits per heavy atom. The molecule has 4 aromatic rings. The van der Waals surface area contributed by atoms with Crippen LogP contribution in [0.3, 0.4) is 0 Å². The molecule has 1 aliphatic heterocycles. The molecule has 1 saturated heterocycles. The molecule has 9 nitrogen and oxygen atoms in total. The minimum Gasteiger partial charge on any atom is -0.489 e. The van der Waals surface area contributed by atoms with Crippen molar-refractivity contribution in [1.29, 1.82) is 0 Å². The fraction of sp³-hybridized carbons (Fsp3) is 0.261. The number of ether oxygens (including phenoxy) is 1. The van der Waals surface area contributed by atoms with Gasteiger partial charge in [0.25, 0.3) is 5.91 Å². The van der Waals surface area contributed by atoms with E-state index < -0.39 is 0 Å². The highest BCUT2D eigenvalue weighted by molar-refractivity contribution is 6.04. The van der Waals surface area contributed by atoms with Gasteiger partial charge in [0.1, 0.15) is 17.7 Å². The summed E-state index contributed by atoms with van der Waals surface area (Å²) in [7, 11) is 1.86. The van der Waals surface area contributed by atoms with E-state index in [1.807, 2.05) is 25.4 Å². The van der Waals surface area contributed by atoms with Crippen LogP contribution >= 0.6 is 0 Å². The van der Waals surface area contributed by atoms with E-state index in [2.05, 4.69) is 30.7 Å². The maximum atomic E-state index is 12.8. The predicted molar refractivity (Wildman–Crippen MR) is 120 cm³/mol. The molecule has 1 fully saturated rings. The zero-order chi connectivity index (χ0) is 21.9. The van der Waals surface area contributed by atoms with Gasteiger partial charge in [-0.15, -0.1) is 0 Å². The number of carbonyl (C=O) groups excluding carboxylic acids is 1. The molecule has 1 aliphatic rings. The second kappa shape index (κ2) is 8.72. The molecule has 5 heterocycles. The lowest BCUT2D eigenvalue weighted by Gasteiger charge is -2.23. The first kappa shape index (κ1) is 20.1. The number of carbonyl (C=O) groups is 1. The van der Waals surface area contributed by atoms with Gasteiger partial charge in [-0.2, -0.15) is 5.10 Å². The lowest BCUT2D eigenvalue weighted by Crippen LogP contribution is -2.34. The van der Waals surface area contributed by atoms with Crippen LogP contribution in [0.5, 0.6) is 5.75 Å². The first-order chi connectivity index (χ1) is 15.6. The quantitative estimate of drug-likeness (QED) is 0.502. The molecule has 0 radical (unpaired) electrons. The van der Waals surface area contributed by atoms with E-state index in [1.54, 1.807) is 35.5 Å². The third kappa shape index (κ3) is 4.42. The van der Waals surface area contributed by atoms with Crippen molar-refractivity contribution in [2.24, 2.45) is 7.05 Å². The molecule has 0 aromatic carbocycles. The van der Waals surface area contributed by atoms with Gasteiger partial charge in [0.2, 0.25) is 0 Å². The van der Waals surface area contributed by atoms with Crippen LogP contribution in [0.4, 0.5) is 5.82 Å². The summed E-state index contributed by atoms with van der Waals surface area (Å²) in [6.07, 6.45) is 12.3. The lowest BCUT2D eigenvalue weighted by atomic mass is 10.1. The Morgan fingerprint density at radius 1 is 1.06 bits per heavy atom. The molecule has 4 aromatic heterocycles. The van der Waals surface area contributed by atoms with Crippen LogP contribution in [-0.2, 0) is 7.05 Å². The number of anilines is 1. The van der Waals surface area contributed by atoms with E-state index in [0.717, 1.165) is 48.0 Å². The molecule has 0 atom stereocenters. The zero-order valence-corrected chi connectivity index (χ0v) is 17.7. The SMILES string of the molecule is Cn1cc(-c2cc3cc(NC(=O)c4cncc(OC5CCNCC5)c4)ncc3cn2)cn1. The van der Waals surface area contributed by atoms with Crippen molar-refractivity contribution in [2.45, 2.75) is 18.9 Å². The highest BCUT2D eigenvalue weighted by atomic mass is 16.5. The van der Waals surface area contributed by atoms with Crippen molar-refractivity contribution in [3.8, 4) is 17.0 Å². The summed E-state index contributed by atoms with van der Waals surface area (Å²) in [5.74, 6) is 0.764. The van der Waals surface area contributed by atoms with Crippen molar-refractivity contribution in [3.63, 3.8) is 0 Å². The van der Waals surface area contributed by atoms with Gasteiger partial charge in [-0.25, -0.2) is 4.98 Å². The van der Waals surface area contributed by atoms with E-state index in [-0.39, 0.29) is 12.0 Å². The van der Waals surface area contributed by atoms with E-state index >= 15 is 0 Å². The fourth-order valence-corrected chi connectivity index (χ4v) is 3.72. The monoisotopic (exact) mass is 429 g/mol. The van der Waals surface area contributed by atoms with Gasteiger partial charge in [-0.1, -0.05) is 0 Å². The molecule has 32 heavy (non-hydrogen) atoms. The number of hydrogen-bond acceptors (Lipinski definition) is 7. The second-order valence-corrected chi connectivity index (χ2v) is 7.82. The summed E-state index contributed by atoms with van der Waals surface area (Å²) < 4.78 is 7.73. The number of aryl methyl sites for hydroxylation is 1. The van der Waals surface area contributed by atoms with Crippen LogP contribution in [-0.4, -0.2) is 49.8 Å². The highest BCUT2D eigenvalue weighted by Crippen LogP contribution is 2.23. The van der Waals surface area contributed by atoms with Crippen LogP contribution < -0.4 is 15.4 Å². The van der Waals surface area contributed by atoms with E-state index in [9.17, 15) is 4.79 Å². The standard InChI is InChI=1S/C23H23N7O2/c1-30-14-18(12-28-30)21-7-15-8-22(27-11-17(15)10-26-21)29-23(31)16-6-20(13-25-9-16)32-19-2-4-24-5-3-19/h6-14,19,24H,2-5H2,1H3,(H,27,29,31). The topological polar surface area (TPSA) is 107 Å². The summed E-state index contributed by atoms with van der Waals surface area (Å²) in [6.45, 7) is 1.87. The average Bonchev–Trinajstić information content (AvgIpc) is 3.26. The third-order valence-electron chi connectivity index (χ3n) is 5.41. The molecule has 162 valence electrons. The summed E-state index contributed by atoms with van der Waals surface area (Å²) in [6, 6.07) is 5.51. The molecule has 2 N–H and O–H groups in total. The Kier molecular flexibility index (Phi) is 5.47. The van der Waals surface area contributed by atoms with Crippen LogP contribution in [0, 0.1) is 0 Å². The minimum atomic E-state index is -0.290. The minimum absolute atomic E-state index is 0.140. The number of nitrogens with zero attached hydrogens (tertiary/aromatic N) is 5. The zero-order valence-electron chi connectivity index (χ0n) is 17.7. The molecule has 0 saturated carbocycles. The second-order valence-electron chi connectivity index (χ2n) is 7.82. The summed E-state index contributed by atoms with van der Waals surface area (Å²) in [5, 5.41) is 12.2. The molecule has 0 spiro atoms. The Morgan fingerprint density at radius 2 is 1.91 bits per heavy atom. The normalized spacial score (nSPS) is 14.4. The third-order valence-corrected chi connectivity index (χ3v) is 5.41. The largest absolute Gasteiger partial charge is 0.489 e. The van der Waals surface area contributed by atoms with Crippen LogP contribution in [0.1, 0.15) is 23.2 Å². The molecular weight excluding hydrogens is 406 g/mol. The molecule has 1 amide bonds. The number of aromatic nitrogens is 5. The molecule has 5 rings (SSSR count). The molecule has 0 aliphatic carbocycles. The number of piperidine rings is 1. The van der Waals surface area contributed by atoms with Crippen LogP contribution in [0.2, 0.25) is 0 Å². The smallest absolute Gasteiger partial charge is 0.258 e. The van der Waals surface area contributed by atoms with Crippen molar-refractivity contribution < 1.29 is 9.53 Å². The number of amides is 1. The van der Waals surface area contributed by atoms with Gasteiger partial charge < -0.3 is 15.4 Å². The average molecular weight is 429 g/mol. The van der Waals surface area contributed by atoms with Crippen LogP contribution in [0.15, 0.2) is 55.4 Å². The number of hydrogen-bond donors (Lipinski definition) is 2. The molecular formula is C23H23N7O2. The first-order valence-electron chi connectivity index (χ1n) is 10.5. The predicted octanol–water partition coefficient (Wildman–Crippen LogP) is 2.81. The van der Waals surface area contributed by atoms with Gasteiger partial charge in [-0.05, 0) is 49.5 Å². The Balaban J connectivity index is 1.33. The van der Waals surface area contributed by atoms with E-state index in [1.165, 1.54) is 6.20 Å². The Bertz CT molecular complexity index is 1260. The molecule has 9 heteroatoms. The summed E-state index contributed by atoms with van der Waals surface area (Å²) in [5.41, 5.74) is 2.15. The summed E-state index contributed by atoms with van der Waals surface area (Å²) >= 11 is 0.